The number of anilines is 1. The first kappa shape index (κ1) is 21.6. The van der Waals surface area contributed by atoms with E-state index in [1.165, 1.54) is 6.92 Å². The molecule has 152 valence electrons. The van der Waals surface area contributed by atoms with Crippen LogP contribution in [0.2, 0.25) is 0 Å². The third-order valence-electron chi connectivity index (χ3n) is 3.92. The minimum atomic E-state index is -3.93. The number of benzene rings is 2. The van der Waals surface area contributed by atoms with E-state index in [9.17, 15) is 22.0 Å². The monoisotopic (exact) mass is 412 g/mol. The van der Waals surface area contributed by atoms with Gasteiger partial charge in [0.2, 0.25) is 15.9 Å². The van der Waals surface area contributed by atoms with Crippen molar-refractivity contribution in [1.82, 2.24) is 5.32 Å². The molecular weight excluding hydrogens is 390 g/mol. The standard InChI is InChI=1S/C19H22F2N2O4S/c1-4-27-16-7-5-6-14(10-16)12-22-19(24)13(2)23(28(3,25)26)15-8-9-17(20)18(21)11-15/h5-11,13H,4,12H2,1-3H3,(H,22,24)/t13-/m0/s1. The number of nitrogens with zero attached hydrogens (tertiary/aromatic N) is 1. The molecule has 28 heavy (non-hydrogen) atoms. The third-order valence-corrected chi connectivity index (χ3v) is 5.16. The minimum absolute atomic E-state index is 0.137. The molecule has 1 N–H and O–H groups in total. The number of halogens is 2. The Labute approximate surface area is 163 Å². The Hall–Kier alpha value is -2.68. The molecule has 0 radical (unpaired) electrons. The van der Waals surface area contributed by atoms with Crippen molar-refractivity contribution in [2.45, 2.75) is 26.4 Å². The third kappa shape index (κ3) is 5.41. The zero-order chi connectivity index (χ0) is 20.9. The zero-order valence-corrected chi connectivity index (χ0v) is 16.6. The molecule has 0 fully saturated rings. The van der Waals surface area contributed by atoms with E-state index in [4.69, 9.17) is 4.74 Å². The van der Waals surface area contributed by atoms with Gasteiger partial charge in [0.05, 0.1) is 18.6 Å². The Balaban J connectivity index is 2.17. The average molecular weight is 412 g/mol. The van der Waals surface area contributed by atoms with Gasteiger partial charge in [-0.05, 0) is 43.7 Å². The summed E-state index contributed by atoms with van der Waals surface area (Å²) in [7, 11) is -3.93. The van der Waals surface area contributed by atoms with Gasteiger partial charge in [0.15, 0.2) is 11.6 Å². The lowest BCUT2D eigenvalue weighted by Crippen LogP contribution is -2.47. The maximum absolute atomic E-state index is 13.6. The number of sulfonamides is 1. The summed E-state index contributed by atoms with van der Waals surface area (Å²) in [5.74, 6) is -2.24. The molecular formula is C19H22F2N2O4S. The summed E-state index contributed by atoms with van der Waals surface area (Å²) in [5, 5.41) is 2.65. The number of carbonyl (C=O) groups excluding carboxylic acids is 1. The van der Waals surface area contributed by atoms with Gasteiger partial charge in [0.1, 0.15) is 11.8 Å². The van der Waals surface area contributed by atoms with Crippen LogP contribution in [-0.2, 0) is 21.4 Å². The fraction of sp³-hybridized carbons (Fsp3) is 0.316. The van der Waals surface area contributed by atoms with Crippen LogP contribution in [-0.4, -0.2) is 33.2 Å². The van der Waals surface area contributed by atoms with Gasteiger partial charge in [-0.2, -0.15) is 0 Å². The van der Waals surface area contributed by atoms with Crippen LogP contribution in [0.5, 0.6) is 5.75 Å². The fourth-order valence-corrected chi connectivity index (χ4v) is 3.85. The van der Waals surface area contributed by atoms with E-state index < -0.39 is 33.6 Å². The lowest BCUT2D eigenvalue weighted by Gasteiger charge is -2.28. The highest BCUT2D eigenvalue weighted by Gasteiger charge is 2.29. The summed E-state index contributed by atoms with van der Waals surface area (Å²) in [6, 6.07) is 8.60. The molecule has 2 aromatic carbocycles. The first-order chi connectivity index (χ1) is 13.1. The Morgan fingerprint density at radius 1 is 1.18 bits per heavy atom. The normalized spacial score (nSPS) is 12.3. The molecule has 0 heterocycles. The minimum Gasteiger partial charge on any atom is -0.494 e. The highest BCUT2D eigenvalue weighted by atomic mass is 32.2. The summed E-state index contributed by atoms with van der Waals surface area (Å²) in [6.07, 6.45) is 0.892. The second-order valence-electron chi connectivity index (χ2n) is 6.13. The molecule has 2 aromatic rings. The van der Waals surface area contributed by atoms with Crippen molar-refractivity contribution in [3.05, 3.63) is 59.7 Å². The molecule has 0 aliphatic carbocycles. The summed E-state index contributed by atoms with van der Waals surface area (Å²) in [5.41, 5.74) is 0.632. The van der Waals surface area contributed by atoms with Crippen LogP contribution < -0.4 is 14.4 Å². The number of rotatable bonds is 8. The first-order valence-corrected chi connectivity index (χ1v) is 10.4. The van der Waals surface area contributed by atoms with Crippen molar-refractivity contribution in [3.63, 3.8) is 0 Å². The Bertz CT molecular complexity index is 951. The predicted octanol–water partition coefficient (Wildman–Crippen LogP) is 2.83. The summed E-state index contributed by atoms with van der Waals surface area (Å²) in [6.45, 7) is 3.88. The van der Waals surface area contributed by atoms with Crippen molar-refractivity contribution in [2.75, 3.05) is 17.2 Å². The molecule has 9 heteroatoms. The second kappa shape index (κ2) is 9.01. The number of amides is 1. The van der Waals surface area contributed by atoms with E-state index in [1.54, 1.807) is 24.3 Å². The molecule has 0 aliphatic rings. The van der Waals surface area contributed by atoms with Gasteiger partial charge in [-0.1, -0.05) is 12.1 Å². The van der Waals surface area contributed by atoms with E-state index in [2.05, 4.69) is 5.32 Å². The molecule has 0 unspecified atom stereocenters. The number of nitrogens with one attached hydrogen (secondary N) is 1. The van der Waals surface area contributed by atoms with Gasteiger partial charge >= 0.3 is 0 Å². The Morgan fingerprint density at radius 3 is 2.50 bits per heavy atom. The van der Waals surface area contributed by atoms with Gasteiger partial charge < -0.3 is 10.1 Å². The predicted molar refractivity (Wildman–Crippen MR) is 103 cm³/mol. The van der Waals surface area contributed by atoms with Crippen molar-refractivity contribution in [3.8, 4) is 5.75 Å². The molecule has 0 bridgehead atoms. The van der Waals surface area contributed by atoms with Gasteiger partial charge in [0.25, 0.3) is 0 Å². The van der Waals surface area contributed by atoms with Crippen LogP contribution in [0.15, 0.2) is 42.5 Å². The average Bonchev–Trinajstić information content (AvgIpc) is 2.62. The van der Waals surface area contributed by atoms with Gasteiger partial charge in [-0.15, -0.1) is 0 Å². The van der Waals surface area contributed by atoms with Crippen LogP contribution in [0, 0.1) is 11.6 Å². The molecule has 1 amide bonds. The molecule has 0 aliphatic heterocycles. The lowest BCUT2D eigenvalue weighted by molar-refractivity contribution is -0.122. The van der Waals surface area contributed by atoms with E-state index in [1.807, 2.05) is 6.92 Å². The van der Waals surface area contributed by atoms with Crippen molar-refractivity contribution in [1.29, 1.82) is 0 Å². The van der Waals surface area contributed by atoms with E-state index in [0.717, 1.165) is 34.3 Å². The van der Waals surface area contributed by atoms with E-state index in [-0.39, 0.29) is 12.2 Å². The van der Waals surface area contributed by atoms with Crippen LogP contribution in [0.3, 0.4) is 0 Å². The largest absolute Gasteiger partial charge is 0.494 e. The fourth-order valence-electron chi connectivity index (χ4n) is 2.68. The first-order valence-electron chi connectivity index (χ1n) is 8.57. The van der Waals surface area contributed by atoms with Crippen LogP contribution in [0.1, 0.15) is 19.4 Å². The van der Waals surface area contributed by atoms with Crippen LogP contribution in [0.4, 0.5) is 14.5 Å². The maximum atomic E-state index is 13.6. The SMILES string of the molecule is CCOc1cccc(CNC(=O)[C@H](C)N(c2ccc(F)c(F)c2)S(C)(=O)=O)c1. The van der Waals surface area contributed by atoms with E-state index >= 15 is 0 Å². The molecule has 1 atom stereocenters. The van der Waals surface area contributed by atoms with Crippen LogP contribution >= 0.6 is 0 Å². The Morgan fingerprint density at radius 2 is 1.89 bits per heavy atom. The highest BCUT2D eigenvalue weighted by Crippen LogP contribution is 2.23. The lowest BCUT2D eigenvalue weighted by atomic mass is 10.2. The van der Waals surface area contributed by atoms with Gasteiger partial charge in [0, 0.05) is 12.6 Å². The smallest absolute Gasteiger partial charge is 0.243 e. The number of carbonyl (C=O) groups is 1. The number of hydrogen-bond acceptors (Lipinski definition) is 4. The molecule has 0 saturated carbocycles. The van der Waals surface area contributed by atoms with Crippen molar-refractivity contribution >= 4 is 21.6 Å². The topological polar surface area (TPSA) is 75.7 Å². The summed E-state index contributed by atoms with van der Waals surface area (Å²) in [4.78, 5) is 12.5. The van der Waals surface area contributed by atoms with Gasteiger partial charge in [-0.25, -0.2) is 17.2 Å². The zero-order valence-electron chi connectivity index (χ0n) is 15.8. The van der Waals surface area contributed by atoms with Crippen molar-refractivity contribution in [2.24, 2.45) is 0 Å². The maximum Gasteiger partial charge on any atom is 0.243 e. The summed E-state index contributed by atoms with van der Waals surface area (Å²) >= 11 is 0. The van der Waals surface area contributed by atoms with Crippen LogP contribution in [0.25, 0.3) is 0 Å². The molecule has 2 rings (SSSR count). The molecule has 6 nitrogen and oxygen atoms in total. The molecule has 0 spiro atoms. The van der Waals surface area contributed by atoms with Crippen molar-refractivity contribution < 1.29 is 26.7 Å². The Kier molecular flexibility index (Phi) is 6.95. The van der Waals surface area contributed by atoms with Gasteiger partial charge in [-0.3, -0.25) is 9.10 Å². The molecule has 0 aromatic heterocycles. The quantitative estimate of drug-likeness (QED) is 0.724. The second-order valence-corrected chi connectivity index (χ2v) is 7.99. The number of hydrogen-bond donors (Lipinski definition) is 1. The van der Waals surface area contributed by atoms with E-state index in [0.29, 0.717) is 12.4 Å². The molecule has 0 saturated heterocycles. The highest BCUT2D eigenvalue weighted by molar-refractivity contribution is 7.92. The number of ether oxygens (including phenoxy) is 1. The summed E-state index contributed by atoms with van der Waals surface area (Å²) < 4.78 is 57.2.